The summed E-state index contributed by atoms with van der Waals surface area (Å²) >= 11 is 0. The molecule has 2 saturated heterocycles. The van der Waals surface area contributed by atoms with E-state index in [0.717, 1.165) is 82.8 Å². The van der Waals surface area contributed by atoms with E-state index >= 15 is 0 Å². The Labute approximate surface area is 155 Å². The fourth-order valence-corrected chi connectivity index (χ4v) is 4.67. The normalized spacial score (nSPS) is 24.2. The lowest BCUT2D eigenvalue weighted by Gasteiger charge is -2.49. The van der Waals surface area contributed by atoms with Crippen LogP contribution in [0.3, 0.4) is 0 Å². The van der Waals surface area contributed by atoms with Crippen LogP contribution >= 0.6 is 0 Å². The number of hydrogen-bond acceptors (Lipinski definition) is 5. The molecule has 0 radical (unpaired) electrons. The van der Waals surface area contributed by atoms with Gasteiger partial charge < -0.3 is 15.0 Å². The molecule has 0 spiro atoms. The summed E-state index contributed by atoms with van der Waals surface area (Å²) in [7, 11) is 2.18. The molecule has 2 fully saturated rings. The molecule has 0 aromatic carbocycles. The zero-order valence-electron chi connectivity index (χ0n) is 15.9. The molecule has 1 aromatic rings. The average Bonchev–Trinajstić information content (AvgIpc) is 3.13. The standard InChI is InChI=1S/C19H31N5O2/c1-23-8-6-19(7-9-23,24-10-12-26-13-11-24)14-20-18(25)17-15-4-2-3-5-16(15)21-22-17/h2-14H2,1H3,(H,20,25)(H,21,22). The highest BCUT2D eigenvalue weighted by Crippen LogP contribution is 2.29. The van der Waals surface area contributed by atoms with Crippen molar-refractivity contribution in [2.75, 3.05) is 53.0 Å². The van der Waals surface area contributed by atoms with E-state index < -0.39 is 0 Å². The summed E-state index contributed by atoms with van der Waals surface area (Å²) in [6, 6.07) is 0. The third-order valence-electron chi connectivity index (χ3n) is 6.45. The van der Waals surface area contributed by atoms with E-state index in [2.05, 4.69) is 32.4 Å². The smallest absolute Gasteiger partial charge is 0.272 e. The number of nitrogens with one attached hydrogen (secondary N) is 2. The number of aromatic nitrogens is 2. The highest BCUT2D eigenvalue weighted by molar-refractivity contribution is 5.94. The maximum atomic E-state index is 12.9. The zero-order chi connectivity index (χ0) is 18.0. The molecule has 1 amide bonds. The van der Waals surface area contributed by atoms with Crippen LogP contribution in [0.15, 0.2) is 0 Å². The summed E-state index contributed by atoms with van der Waals surface area (Å²) in [4.78, 5) is 17.8. The highest BCUT2D eigenvalue weighted by Gasteiger charge is 2.40. The molecule has 144 valence electrons. The average molecular weight is 361 g/mol. The van der Waals surface area contributed by atoms with Crippen molar-refractivity contribution >= 4 is 5.91 Å². The molecule has 0 atom stereocenters. The van der Waals surface area contributed by atoms with Crippen molar-refractivity contribution in [1.82, 2.24) is 25.3 Å². The largest absolute Gasteiger partial charge is 0.379 e. The van der Waals surface area contributed by atoms with Crippen molar-refractivity contribution in [3.63, 3.8) is 0 Å². The first-order chi connectivity index (χ1) is 12.7. The number of morpholine rings is 1. The van der Waals surface area contributed by atoms with E-state index in [9.17, 15) is 4.79 Å². The molecule has 1 aliphatic carbocycles. The van der Waals surface area contributed by atoms with Crippen molar-refractivity contribution in [1.29, 1.82) is 0 Å². The van der Waals surface area contributed by atoms with Gasteiger partial charge in [0.15, 0.2) is 5.69 Å². The summed E-state index contributed by atoms with van der Waals surface area (Å²) in [6.45, 7) is 6.34. The van der Waals surface area contributed by atoms with Gasteiger partial charge in [0.2, 0.25) is 0 Å². The van der Waals surface area contributed by atoms with Gasteiger partial charge in [-0.15, -0.1) is 0 Å². The topological polar surface area (TPSA) is 73.5 Å². The summed E-state index contributed by atoms with van der Waals surface area (Å²) in [5.74, 6) is -0.0176. The molecule has 4 rings (SSSR count). The van der Waals surface area contributed by atoms with Gasteiger partial charge in [-0.2, -0.15) is 5.10 Å². The molecule has 2 N–H and O–H groups in total. The Bertz CT molecular complexity index is 630. The Hall–Kier alpha value is -1.44. The first kappa shape index (κ1) is 17.9. The molecule has 0 unspecified atom stereocenters. The maximum absolute atomic E-state index is 12.9. The van der Waals surface area contributed by atoms with Crippen LogP contribution in [-0.2, 0) is 17.6 Å². The van der Waals surface area contributed by atoms with Gasteiger partial charge in [-0.05, 0) is 58.7 Å². The Kier molecular flexibility index (Phi) is 5.29. The van der Waals surface area contributed by atoms with Crippen molar-refractivity contribution in [3.05, 3.63) is 17.0 Å². The van der Waals surface area contributed by atoms with E-state index in [1.54, 1.807) is 0 Å². The number of H-pyrrole nitrogens is 1. The van der Waals surface area contributed by atoms with Crippen molar-refractivity contribution in [2.24, 2.45) is 0 Å². The van der Waals surface area contributed by atoms with Gasteiger partial charge in [0.05, 0.1) is 13.2 Å². The number of rotatable bonds is 4. The number of likely N-dealkylation sites (tertiary alicyclic amines) is 1. The van der Waals surface area contributed by atoms with Gasteiger partial charge in [-0.25, -0.2) is 0 Å². The Morgan fingerprint density at radius 1 is 1.19 bits per heavy atom. The van der Waals surface area contributed by atoms with Crippen molar-refractivity contribution < 1.29 is 9.53 Å². The number of carbonyl (C=O) groups excluding carboxylic acids is 1. The molecular formula is C19H31N5O2. The lowest BCUT2D eigenvalue weighted by Crippen LogP contribution is -2.62. The highest BCUT2D eigenvalue weighted by atomic mass is 16.5. The van der Waals surface area contributed by atoms with Gasteiger partial charge in [-0.3, -0.25) is 14.8 Å². The Morgan fingerprint density at radius 2 is 1.92 bits per heavy atom. The van der Waals surface area contributed by atoms with Crippen molar-refractivity contribution in [3.8, 4) is 0 Å². The second-order valence-electron chi connectivity index (χ2n) is 8.05. The third-order valence-corrected chi connectivity index (χ3v) is 6.45. The molecule has 0 saturated carbocycles. The number of aromatic amines is 1. The van der Waals surface area contributed by atoms with Gasteiger partial charge in [0.25, 0.3) is 5.91 Å². The molecule has 2 aliphatic heterocycles. The lowest BCUT2D eigenvalue weighted by molar-refractivity contribution is -0.0439. The zero-order valence-corrected chi connectivity index (χ0v) is 15.9. The minimum Gasteiger partial charge on any atom is -0.379 e. The van der Waals surface area contributed by atoms with Crippen LogP contribution in [-0.4, -0.2) is 84.4 Å². The molecule has 3 heterocycles. The first-order valence-corrected chi connectivity index (χ1v) is 10.0. The molecule has 7 nitrogen and oxygen atoms in total. The van der Waals surface area contributed by atoms with E-state index in [-0.39, 0.29) is 11.4 Å². The maximum Gasteiger partial charge on any atom is 0.272 e. The second kappa shape index (κ2) is 7.66. The van der Waals surface area contributed by atoms with E-state index in [0.29, 0.717) is 12.2 Å². The minimum atomic E-state index is -0.0176. The number of nitrogens with zero attached hydrogens (tertiary/aromatic N) is 3. The first-order valence-electron chi connectivity index (χ1n) is 10.0. The van der Waals surface area contributed by atoms with Gasteiger partial charge in [-0.1, -0.05) is 0 Å². The molecule has 26 heavy (non-hydrogen) atoms. The van der Waals surface area contributed by atoms with E-state index in [1.165, 1.54) is 6.42 Å². The predicted molar refractivity (Wildman–Crippen MR) is 99.4 cm³/mol. The number of piperidine rings is 1. The fraction of sp³-hybridized carbons (Fsp3) is 0.789. The van der Waals surface area contributed by atoms with Crippen LogP contribution in [0.4, 0.5) is 0 Å². The van der Waals surface area contributed by atoms with Crippen LogP contribution in [0.25, 0.3) is 0 Å². The van der Waals surface area contributed by atoms with Crippen molar-refractivity contribution in [2.45, 2.75) is 44.1 Å². The van der Waals surface area contributed by atoms with E-state index in [1.807, 2.05) is 0 Å². The molecule has 3 aliphatic rings. The predicted octanol–water partition coefficient (Wildman–Crippen LogP) is 0.815. The summed E-state index contributed by atoms with van der Waals surface area (Å²) in [6.07, 6.45) is 6.49. The fourth-order valence-electron chi connectivity index (χ4n) is 4.67. The Balaban J connectivity index is 1.46. The third kappa shape index (κ3) is 3.52. The van der Waals surface area contributed by atoms with Crippen LogP contribution in [0.2, 0.25) is 0 Å². The van der Waals surface area contributed by atoms with Gasteiger partial charge >= 0.3 is 0 Å². The molecule has 7 heteroatoms. The van der Waals surface area contributed by atoms with Crippen LogP contribution < -0.4 is 5.32 Å². The molecule has 0 bridgehead atoms. The lowest BCUT2D eigenvalue weighted by atomic mass is 9.85. The summed E-state index contributed by atoms with van der Waals surface area (Å²) < 4.78 is 5.55. The van der Waals surface area contributed by atoms with Crippen LogP contribution in [0.5, 0.6) is 0 Å². The molecular weight excluding hydrogens is 330 g/mol. The summed E-state index contributed by atoms with van der Waals surface area (Å²) in [5, 5.41) is 10.6. The number of hydrogen-bond donors (Lipinski definition) is 2. The number of aryl methyl sites for hydroxylation is 1. The number of fused-ring (bicyclic) bond motifs is 1. The molecule has 1 aromatic heterocycles. The quantitative estimate of drug-likeness (QED) is 0.830. The van der Waals surface area contributed by atoms with Gasteiger partial charge in [0.1, 0.15) is 0 Å². The van der Waals surface area contributed by atoms with Gasteiger partial charge in [0, 0.05) is 36.4 Å². The van der Waals surface area contributed by atoms with Crippen LogP contribution in [0.1, 0.15) is 47.4 Å². The second-order valence-corrected chi connectivity index (χ2v) is 8.05. The number of carbonyl (C=O) groups is 1. The van der Waals surface area contributed by atoms with Crippen LogP contribution in [0, 0.1) is 0 Å². The number of amides is 1. The van der Waals surface area contributed by atoms with E-state index in [4.69, 9.17) is 4.74 Å². The Morgan fingerprint density at radius 3 is 2.69 bits per heavy atom. The SMILES string of the molecule is CN1CCC(CNC(=O)c2n[nH]c3c2CCCC3)(N2CCOCC2)CC1. The monoisotopic (exact) mass is 361 g/mol. The minimum absolute atomic E-state index is 0.0176. The number of ether oxygens (including phenoxy) is 1. The summed E-state index contributed by atoms with van der Waals surface area (Å²) in [5.41, 5.74) is 2.95.